The summed E-state index contributed by atoms with van der Waals surface area (Å²) < 4.78 is 11.6. The zero-order valence-corrected chi connectivity index (χ0v) is 57.1. The summed E-state index contributed by atoms with van der Waals surface area (Å²) in [6.07, 6.45) is 4.53. The molecular formula is C83H108O2. The second kappa shape index (κ2) is 37.1. The topological polar surface area (TPSA) is 18.5 Å². The number of ether oxygens (including phenoxy) is 2. The van der Waals surface area contributed by atoms with Crippen molar-refractivity contribution >= 4 is 0 Å². The van der Waals surface area contributed by atoms with Crippen LogP contribution >= 0.6 is 0 Å². The minimum absolute atomic E-state index is 0.798. The Labute approximate surface area is 519 Å². The SMILES string of the molecule is CCCCOc1cc(C)c(OCCCC)cc1C.Cc1cc(C)c(C)c(C)c1.Cc1cc(C)cc(C)c1.Cc1cc(C)cc(C)c1.Cc1ccc(-c2cc(C)c(-c3ccc(C)cc3)cc2C)cc1.Cc1cccc(C)c1.Cc1cccc(C)c1C. The van der Waals surface area contributed by atoms with Crippen LogP contribution in [-0.2, 0) is 0 Å². The molecule has 0 bridgehead atoms. The lowest BCUT2D eigenvalue weighted by molar-refractivity contribution is 0.297. The van der Waals surface area contributed by atoms with E-state index >= 15 is 0 Å². The summed E-state index contributed by atoms with van der Waals surface area (Å²) in [4.78, 5) is 0. The van der Waals surface area contributed by atoms with Crippen molar-refractivity contribution in [2.75, 3.05) is 13.2 Å². The van der Waals surface area contributed by atoms with E-state index in [0.717, 1.165) is 61.5 Å². The Balaban J connectivity index is 0.000000270. The van der Waals surface area contributed by atoms with Gasteiger partial charge in [0.05, 0.1) is 13.2 Å². The molecule has 85 heavy (non-hydrogen) atoms. The first-order valence-electron chi connectivity index (χ1n) is 31.0. The van der Waals surface area contributed by atoms with Gasteiger partial charge in [0.25, 0.3) is 0 Å². The average Bonchev–Trinajstić information content (AvgIpc) is 3.33. The molecule has 2 heteroatoms. The van der Waals surface area contributed by atoms with Crippen molar-refractivity contribution in [2.45, 2.75) is 185 Å². The van der Waals surface area contributed by atoms with Crippen LogP contribution in [0.4, 0.5) is 0 Å². The van der Waals surface area contributed by atoms with Crippen LogP contribution in [0.2, 0.25) is 0 Å². The molecule has 0 radical (unpaired) electrons. The molecule has 0 aliphatic carbocycles. The number of hydrogen-bond acceptors (Lipinski definition) is 2. The van der Waals surface area contributed by atoms with Gasteiger partial charge in [0.15, 0.2) is 0 Å². The van der Waals surface area contributed by atoms with Crippen LogP contribution in [0.25, 0.3) is 22.3 Å². The van der Waals surface area contributed by atoms with Gasteiger partial charge in [-0.2, -0.15) is 0 Å². The Morgan fingerprint density at radius 1 is 0.235 bits per heavy atom. The minimum atomic E-state index is 0.798. The van der Waals surface area contributed by atoms with E-state index in [0.29, 0.717) is 0 Å². The lowest BCUT2D eigenvalue weighted by Gasteiger charge is -2.14. The fourth-order valence-corrected chi connectivity index (χ4v) is 9.99. The summed E-state index contributed by atoms with van der Waals surface area (Å²) in [7, 11) is 0. The highest BCUT2D eigenvalue weighted by atomic mass is 16.5. The van der Waals surface area contributed by atoms with Gasteiger partial charge in [-0.15, -0.1) is 0 Å². The standard InChI is InChI=1S/C22H22.C16H26O2.C10H14.3C9H12.C8H10/c1-15-5-9-19(10-6-15)21-13-18(4)22(14-17(21)3)20-11-7-16(2)8-12-20;1-5-7-9-17-15-11-14(4)16(12-13(15)3)18-10-8-6-2;1-7-5-8(2)10(4)9(3)6-7;2*1-7-4-8(2)6-9(3)5-7;1-7-5-4-6-8(2)9(7)3;1-7-4-3-5-8(2)6-7/h5-14H,1-4H3;11-12H,5-10H2,1-4H3;5-6H,1-4H3;3*4-6H,1-3H3;3-6H,1-2H3. The molecule has 0 amide bonds. The minimum Gasteiger partial charge on any atom is -0.493 e. The molecule has 0 heterocycles. The van der Waals surface area contributed by atoms with Crippen molar-refractivity contribution < 1.29 is 9.47 Å². The van der Waals surface area contributed by atoms with Crippen molar-refractivity contribution in [2.24, 2.45) is 0 Å². The van der Waals surface area contributed by atoms with E-state index < -0.39 is 0 Å². The van der Waals surface area contributed by atoms with E-state index in [1.165, 1.54) is 128 Å². The van der Waals surface area contributed by atoms with Crippen LogP contribution in [0, 0.1) is 145 Å². The van der Waals surface area contributed by atoms with Crippen molar-refractivity contribution in [3.05, 3.63) is 281 Å². The third kappa shape index (κ3) is 26.6. The highest BCUT2D eigenvalue weighted by molar-refractivity contribution is 5.76. The van der Waals surface area contributed by atoms with Crippen molar-refractivity contribution in [1.29, 1.82) is 0 Å². The summed E-state index contributed by atoms with van der Waals surface area (Å²) in [5.74, 6) is 1.98. The molecule has 0 aromatic heterocycles. The molecule has 0 aliphatic rings. The average molecular weight is 1140 g/mol. The highest BCUT2D eigenvalue weighted by Crippen LogP contribution is 2.33. The first-order chi connectivity index (χ1) is 40.2. The largest absolute Gasteiger partial charge is 0.493 e. The second-order valence-electron chi connectivity index (χ2n) is 24.0. The Hall–Kier alpha value is -7.42. The number of rotatable bonds is 10. The molecule has 0 atom stereocenters. The fourth-order valence-electron chi connectivity index (χ4n) is 9.99. The zero-order valence-electron chi connectivity index (χ0n) is 57.1. The molecule has 2 nitrogen and oxygen atoms in total. The van der Waals surface area contributed by atoms with Gasteiger partial charge in [0, 0.05) is 0 Å². The Kier molecular flexibility index (Phi) is 31.4. The van der Waals surface area contributed by atoms with E-state index in [-0.39, 0.29) is 0 Å². The molecule has 452 valence electrons. The van der Waals surface area contributed by atoms with E-state index in [4.69, 9.17) is 9.47 Å². The maximum absolute atomic E-state index is 5.78. The quantitative estimate of drug-likeness (QED) is 0.127. The molecule has 0 saturated carbocycles. The highest BCUT2D eigenvalue weighted by Gasteiger charge is 2.10. The molecule has 0 saturated heterocycles. The number of benzene rings is 9. The van der Waals surface area contributed by atoms with E-state index in [1.807, 2.05) is 0 Å². The predicted molar refractivity (Wildman–Crippen MR) is 376 cm³/mol. The monoisotopic (exact) mass is 1140 g/mol. The Bertz CT molecular complexity index is 3120. The normalized spacial score (nSPS) is 10.1. The molecule has 0 unspecified atom stereocenters. The van der Waals surface area contributed by atoms with Gasteiger partial charge in [-0.25, -0.2) is 0 Å². The molecule has 9 aromatic rings. The van der Waals surface area contributed by atoms with Crippen LogP contribution < -0.4 is 9.47 Å². The number of hydrogen-bond donors (Lipinski definition) is 0. The van der Waals surface area contributed by atoms with Gasteiger partial charge < -0.3 is 9.47 Å². The van der Waals surface area contributed by atoms with Crippen LogP contribution in [-0.4, -0.2) is 13.2 Å². The van der Waals surface area contributed by atoms with Gasteiger partial charge in [-0.1, -0.05) is 240 Å². The Morgan fingerprint density at radius 2 is 0.518 bits per heavy atom. The first kappa shape index (κ1) is 71.8. The first-order valence-corrected chi connectivity index (χ1v) is 31.0. The number of aryl methyl sites for hydroxylation is 19. The second-order valence-corrected chi connectivity index (χ2v) is 24.0. The van der Waals surface area contributed by atoms with Crippen molar-refractivity contribution in [1.82, 2.24) is 0 Å². The summed E-state index contributed by atoms with van der Waals surface area (Å²) in [5.41, 5.74) is 33.4. The van der Waals surface area contributed by atoms with E-state index in [9.17, 15) is 0 Å². The molecule has 0 N–H and O–H groups in total. The van der Waals surface area contributed by atoms with Gasteiger partial charge in [-0.3, -0.25) is 0 Å². The molecule has 0 aliphatic heterocycles. The molecule has 0 spiro atoms. The van der Waals surface area contributed by atoms with Gasteiger partial charge >= 0.3 is 0 Å². The number of unbranched alkanes of at least 4 members (excludes halogenated alkanes) is 2. The lowest BCUT2D eigenvalue weighted by Crippen LogP contribution is -2.02. The van der Waals surface area contributed by atoms with Crippen LogP contribution in [0.15, 0.2) is 164 Å². The maximum atomic E-state index is 5.78. The third-order valence-corrected chi connectivity index (χ3v) is 15.1. The van der Waals surface area contributed by atoms with Crippen molar-refractivity contribution in [3.63, 3.8) is 0 Å². The molecule has 0 fully saturated rings. The lowest BCUT2D eigenvalue weighted by atomic mass is 9.91. The summed E-state index contributed by atoms with van der Waals surface area (Å²) in [6, 6.07) is 58.8. The molecular weight excluding hydrogens is 1030 g/mol. The fraction of sp³-hybridized carbons (Fsp3) is 0.349. The van der Waals surface area contributed by atoms with Crippen molar-refractivity contribution in [3.8, 4) is 33.8 Å². The molecule has 9 rings (SSSR count). The zero-order chi connectivity index (χ0) is 63.3. The molecule has 9 aromatic carbocycles. The van der Waals surface area contributed by atoms with E-state index in [2.05, 4.69) is 323 Å². The van der Waals surface area contributed by atoms with Crippen LogP contribution in [0.5, 0.6) is 11.5 Å². The van der Waals surface area contributed by atoms with Gasteiger partial charge in [0.2, 0.25) is 0 Å². The third-order valence-electron chi connectivity index (χ3n) is 15.1. The Morgan fingerprint density at radius 3 is 0.800 bits per heavy atom. The maximum Gasteiger partial charge on any atom is 0.122 e. The van der Waals surface area contributed by atoms with Gasteiger partial charge in [0.1, 0.15) is 11.5 Å². The summed E-state index contributed by atoms with van der Waals surface area (Å²) in [5, 5.41) is 0. The van der Waals surface area contributed by atoms with Gasteiger partial charge in [-0.05, 0) is 248 Å². The van der Waals surface area contributed by atoms with E-state index in [1.54, 1.807) is 0 Å². The summed E-state index contributed by atoms with van der Waals surface area (Å²) in [6.45, 7) is 50.8. The van der Waals surface area contributed by atoms with Crippen LogP contribution in [0.3, 0.4) is 0 Å². The summed E-state index contributed by atoms with van der Waals surface area (Å²) >= 11 is 0. The smallest absolute Gasteiger partial charge is 0.122 e. The predicted octanol–water partition coefficient (Wildman–Crippen LogP) is 24.0. The van der Waals surface area contributed by atoms with Crippen LogP contribution in [0.1, 0.15) is 156 Å².